The summed E-state index contributed by atoms with van der Waals surface area (Å²) in [6, 6.07) is 12.3. The molecule has 0 saturated heterocycles. The molecule has 0 aliphatic heterocycles. The zero-order valence-electron chi connectivity index (χ0n) is 10.9. The van der Waals surface area contributed by atoms with E-state index in [1.54, 1.807) is 12.1 Å². The van der Waals surface area contributed by atoms with E-state index in [-0.39, 0.29) is 5.82 Å². The minimum Gasteiger partial charge on any atom is -0.358 e. The number of aryl methyl sites for hydroxylation is 1. The molecule has 5 heteroatoms. The molecule has 0 heterocycles. The van der Waals surface area contributed by atoms with Crippen LogP contribution in [-0.4, -0.2) is 5.11 Å². The van der Waals surface area contributed by atoms with Crippen molar-refractivity contribution in [1.29, 1.82) is 0 Å². The van der Waals surface area contributed by atoms with Crippen LogP contribution in [0.2, 0.25) is 0 Å². The average molecular weight is 353 g/mol. The van der Waals surface area contributed by atoms with Crippen molar-refractivity contribution in [3.63, 3.8) is 0 Å². The maximum absolute atomic E-state index is 12.8. The zero-order chi connectivity index (χ0) is 14.5. The Hall–Kier alpha value is -1.46. The monoisotopic (exact) mass is 352 g/mol. The van der Waals surface area contributed by atoms with Crippen molar-refractivity contribution in [2.24, 2.45) is 0 Å². The topological polar surface area (TPSA) is 24.1 Å². The van der Waals surface area contributed by atoms with Crippen LogP contribution in [0.4, 0.5) is 10.1 Å². The van der Waals surface area contributed by atoms with Gasteiger partial charge in [0.05, 0.1) is 0 Å². The molecule has 2 N–H and O–H groups in total. The van der Waals surface area contributed by atoms with Crippen molar-refractivity contribution in [3.8, 4) is 0 Å². The van der Waals surface area contributed by atoms with Gasteiger partial charge in [-0.15, -0.1) is 0 Å². The van der Waals surface area contributed by atoms with Crippen LogP contribution in [0.15, 0.2) is 46.9 Å². The zero-order valence-corrected chi connectivity index (χ0v) is 13.3. The largest absolute Gasteiger partial charge is 0.358 e. The molecule has 0 aliphatic carbocycles. The third-order valence-electron chi connectivity index (χ3n) is 2.78. The lowest BCUT2D eigenvalue weighted by atomic mass is 10.2. The van der Waals surface area contributed by atoms with Crippen molar-refractivity contribution in [1.82, 2.24) is 5.32 Å². The van der Waals surface area contributed by atoms with Gasteiger partial charge in [0.25, 0.3) is 0 Å². The Bertz CT molecular complexity index is 614. The number of rotatable bonds is 3. The Kier molecular flexibility index (Phi) is 5.09. The molecule has 0 amide bonds. The van der Waals surface area contributed by atoms with Gasteiger partial charge in [0, 0.05) is 16.7 Å². The molecule has 20 heavy (non-hydrogen) atoms. The van der Waals surface area contributed by atoms with E-state index in [9.17, 15) is 4.39 Å². The highest BCUT2D eigenvalue weighted by atomic mass is 79.9. The molecule has 2 aromatic carbocycles. The van der Waals surface area contributed by atoms with Crippen LogP contribution >= 0.6 is 28.1 Å². The predicted octanol–water partition coefficient (Wildman–Crippen LogP) is 4.38. The van der Waals surface area contributed by atoms with Gasteiger partial charge in [-0.3, -0.25) is 0 Å². The Balaban J connectivity index is 1.89. The summed E-state index contributed by atoms with van der Waals surface area (Å²) >= 11 is 8.68. The highest BCUT2D eigenvalue weighted by molar-refractivity contribution is 9.10. The lowest BCUT2D eigenvalue weighted by Gasteiger charge is -2.11. The highest BCUT2D eigenvalue weighted by Crippen LogP contribution is 2.19. The fourth-order valence-electron chi connectivity index (χ4n) is 1.68. The second-order valence-corrected chi connectivity index (χ2v) is 5.66. The summed E-state index contributed by atoms with van der Waals surface area (Å²) in [7, 11) is 0. The second-order valence-electron chi connectivity index (χ2n) is 4.40. The van der Waals surface area contributed by atoms with Gasteiger partial charge >= 0.3 is 0 Å². The van der Waals surface area contributed by atoms with Gasteiger partial charge in [-0.25, -0.2) is 4.39 Å². The summed E-state index contributed by atoms with van der Waals surface area (Å²) in [4.78, 5) is 0. The number of anilines is 1. The van der Waals surface area contributed by atoms with Crippen molar-refractivity contribution < 1.29 is 4.39 Å². The molecule has 2 nitrogen and oxygen atoms in total. The summed E-state index contributed by atoms with van der Waals surface area (Å²) in [5, 5.41) is 6.74. The molecule has 0 bridgehead atoms. The van der Waals surface area contributed by atoms with Gasteiger partial charge in [-0.1, -0.05) is 28.1 Å². The van der Waals surface area contributed by atoms with Crippen LogP contribution in [0.25, 0.3) is 0 Å². The van der Waals surface area contributed by atoms with Gasteiger partial charge < -0.3 is 10.6 Å². The number of nitrogens with one attached hydrogen (secondary N) is 2. The van der Waals surface area contributed by atoms with Gasteiger partial charge in [0.15, 0.2) is 5.11 Å². The summed E-state index contributed by atoms with van der Waals surface area (Å²) in [6.07, 6.45) is 0. The number of benzene rings is 2. The smallest absolute Gasteiger partial charge is 0.171 e. The quantitative estimate of drug-likeness (QED) is 0.801. The van der Waals surface area contributed by atoms with Crippen molar-refractivity contribution in [3.05, 3.63) is 63.9 Å². The molecule has 104 valence electrons. The first-order valence-corrected chi connectivity index (χ1v) is 7.30. The van der Waals surface area contributed by atoms with Crippen LogP contribution in [0.5, 0.6) is 0 Å². The van der Waals surface area contributed by atoms with E-state index in [4.69, 9.17) is 12.2 Å². The minimum atomic E-state index is -0.236. The van der Waals surface area contributed by atoms with Crippen molar-refractivity contribution in [2.45, 2.75) is 13.5 Å². The van der Waals surface area contributed by atoms with Gasteiger partial charge in [0.2, 0.25) is 0 Å². The van der Waals surface area contributed by atoms with Crippen LogP contribution in [0.1, 0.15) is 11.1 Å². The molecular weight excluding hydrogens is 339 g/mol. The number of hydrogen-bond acceptors (Lipinski definition) is 1. The summed E-state index contributed by atoms with van der Waals surface area (Å²) < 4.78 is 13.8. The van der Waals surface area contributed by atoms with Crippen molar-refractivity contribution >= 4 is 38.9 Å². The average Bonchev–Trinajstić information content (AvgIpc) is 2.42. The van der Waals surface area contributed by atoms with E-state index in [2.05, 4.69) is 26.6 Å². The van der Waals surface area contributed by atoms with Crippen LogP contribution < -0.4 is 10.6 Å². The first-order valence-electron chi connectivity index (χ1n) is 6.10. The molecule has 2 rings (SSSR count). The fourth-order valence-corrected chi connectivity index (χ4v) is 2.12. The lowest BCUT2D eigenvalue weighted by Crippen LogP contribution is -2.27. The molecule has 0 spiro atoms. The van der Waals surface area contributed by atoms with Crippen molar-refractivity contribution in [2.75, 3.05) is 5.32 Å². The summed E-state index contributed by atoms with van der Waals surface area (Å²) in [6.45, 7) is 2.58. The Morgan fingerprint density at radius 3 is 2.55 bits per heavy atom. The van der Waals surface area contributed by atoms with E-state index in [1.165, 1.54) is 12.1 Å². The molecule has 0 aromatic heterocycles. The van der Waals surface area contributed by atoms with Crippen LogP contribution in [0.3, 0.4) is 0 Å². The highest BCUT2D eigenvalue weighted by Gasteiger charge is 2.01. The van der Waals surface area contributed by atoms with E-state index in [1.807, 2.05) is 25.1 Å². The lowest BCUT2D eigenvalue weighted by molar-refractivity contribution is 0.627. The number of thiocarbonyl (C=S) groups is 1. The Morgan fingerprint density at radius 2 is 1.90 bits per heavy atom. The predicted molar refractivity (Wildman–Crippen MR) is 88.3 cm³/mol. The minimum absolute atomic E-state index is 0.236. The SMILES string of the molecule is Cc1cc(NC(=S)NCc2ccc(F)cc2)ccc1Br. The maximum atomic E-state index is 12.8. The second kappa shape index (κ2) is 6.81. The van der Waals surface area contributed by atoms with Gasteiger partial charge in [-0.05, 0) is 60.6 Å². The molecule has 0 unspecified atom stereocenters. The molecule has 0 saturated carbocycles. The molecule has 0 aliphatic rings. The summed E-state index contributed by atoms with van der Waals surface area (Å²) in [5.41, 5.74) is 3.04. The molecule has 0 atom stereocenters. The van der Waals surface area contributed by atoms with Crippen LogP contribution in [-0.2, 0) is 6.54 Å². The number of halogens is 2. The molecule has 0 fully saturated rings. The number of hydrogen-bond donors (Lipinski definition) is 2. The first-order chi connectivity index (χ1) is 9.54. The molecular formula is C15H14BrFN2S. The third-order valence-corrected chi connectivity index (χ3v) is 3.92. The maximum Gasteiger partial charge on any atom is 0.171 e. The third kappa shape index (κ3) is 4.28. The van der Waals surface area contributed by atoms with E-state index in [0.29, 0.717) is 11.7 Å². The Morgan fingerprint density at radius 1 is 1.20 bits per heavy atom. The van der Waals surface area contributed by atoms with E-state index >= 15 is 0 Å². The van der Waals surface area contributed by atoms with Gasteiger partial charge in [0.1, 0.15) is 5.82 Å². The molecule has 2 aromatic rings. The van der Waals surface area contributed by atoms with E-state index < -0.39 is 0 Å². The van der Waals surface area contributed by atoms with Crippen LogP contribution in [0, 0.1) is 12.7 Å². The normalized spacial score (nSPS) is 10.2. The first kappa shape index (κ1) is 14.9. The Labute approximate surface area is 131 Å². The molecule has 0 radical (unpaired) electrons. The van der Waals surface area contributed by atoms with E-state index in [0.717, 1.165) is 21.3 Å². The fraction of sp³-hybridized carbons (Fsp3) is 0.133. The standard InChI is InChI=1S/C15H14BrFN2S/c1-10-8-13(6-7-14(10)16)19-15(20)18-9-11-2-4-12(17)5-3-11/h2-8H,9H2,1H3,(H2,18,19,20). The van der Waals surface area contributed by atoms with Gasteiger partial charge in [-0.2, -0.15) is 0 Å². The summed E-state index contributed by atoms with van der Waals surface area (Å²) in [5.74, 6) is -0.236.